The maximum Gasteiger partial charge on any atom is 0.0808 e. The molecular weight excluding hydrogens is 330 g/mol. The van der Waals surface area contributed by atoms with Crippen molar-refractivity contribution in [2.45, 2.75) is 32.0 Å². The van der Waals surface area contributed by atoms with Crippen LogP contribution in [0.15, 0.2) is 90.5 Å². The van der Waals surface area contributed by atoms with Gasteiger partial charge in [-0.1, -0.05) is 84.9 Å². The number of nitrogens with zero attached hydrogens (tertiary/aromatic N) is 1. The predicted molar refractivity (Wildman–Crippen MR) is 113 cm³/mol. The number of hydrogen-bond donors (Lipinski definition) is 1. The molecule has 2 nitrogen and oxygen atoms in total. The van der Waals surface area contributed by atoms with Crippen molar-refractivity contribution in [3.05, 3.63) is 107 Å². The first kappa shape index (κ1) is 17.6. The number of fused-ring (bicyclic) bond motifs is 1. The number of para-hydroxylation sites is 1. The van der Waals surface area contributed by atoms with E-state index < -0.39 is 6.10 Å². The highest BCUT2D eigenvalue weighted by Crippen LogP contribution is 2.46. The summed E-state index contributed by atoms with van der Waals surface area (Å²) in [6.07, 6.45) is 1.76. The Morgan fingerprint density at radius 3 is 2.07 bits per heavy atom. The summed E-state index contributed by atoms with van der Waals surface area (Å²) >= 11 is 0. The van der Waals surface area contributed by atoms with E-state index in [0.717, 1.165) is 11.3 Å². The largest absolute Gasteiger partial charge is 0.391 e. The van der Waals surface area contributed by atoms with Crippen molar-refractivity contribution in [3.63, 3.8) is 0 Å². The molecule has 0 aliphatic carbocycles. The topological polar surface area (TPSA) is 23.5 Å². The molecule has 1 aliphatic heterocycles. The van der Waals surface area contributed by atoms with Crippen molar-refractivity contribution in [1.82, 2.24) is 0 Å². The van der Waals surface area contributed by atoms with E-state index in [1.807, 2.05) is 31.2 Å². The number of aliphatic hydroxyl groups excluding tert-OH is 1. The molecule has 0 saturated heterocycles. The third-order valence-electron chi connectivity index (χ3n) is 5.32. The molecular formula is C25H25NO. The highest BCUT2D eigenvalue weighted by Gasteiger charge is 2.35. The summed E-state index contributed by atoms with van der Waals surface area (Å²) in [5.74, 6) is 0. The lowest BCUT2D eigenvalue weighted by Gasteiger charge is -2.45. The Bertz CT molecular complexity index is 931. The number of anilines is 1. The van der Waals surface area contributed by atoms with Gasteiger partial charge in [-0.15, -0.1) is 0 Å². The molecule has 0 amide bonds. The minimum Gasteiger partial charge on any atom is -0.391 e. The molecule has 3 atom stereocenters. The molecule has 1 unspecified atom stereocenters. The molecule has 3 aromatic rings. The molecule has 0 spiro atoms. The Morgan fingerprint density at radius 1 is 0.815 bits per heavy atom. The monoisotopic (exact) mass is 355 g/mol. The molecule has 1 heterocycles. The van der Waals surface area contributed by atoms with E-state index >= 15 is 0 Å². The second kappa shape index (κ2) is 7.42. The van der Waals surface area contributed by atoms with Gasteiger partial charge in [-0.05, 0) is 42.2 Å². The lowest BCUT2D eigenvalue weighted by Crippen LogP contribution is -2.40. The van der Waals surface area contributed by atoms with Crippen molar-refractivity contribution < 1.29 is 5.11 Å². The van der Waals surface area contributed by atoms with Crippen molar-refractivity contribution in [3.8, 4) is 0 Å². The first-order valence-electron chi connectivity index (χ1n) is 9.50. The molecule has 1 aliphatic rings. The van der Waals surface area contributed by atoms with Gasteiger partial charge in [-0.2, -0.15) is 0 Å². The minimum absolute atomic E-state index is 0.0842. The van der Waals surface area contributed by atoms with Gasteiger partial charge < -0.3 is 10.0 Å². The molecule has 0 saturated carbocycles. The molecule has 2 heteroatoms. The molecule has 0 fully saturated rings. The molecule has 136 valence electrons. The molecule has 0 aromatic heterocycles. The molecule has 1 N–H and O–H groups in total. The third-order valence-corrected chi connectivity index (χ3v) is 5.32. The van der Waals surface area contributed by atoms with Gasteiger partial charge in [0.2, 0.25) is 0 Å². The van der Waals surface area contributed by atoms with Gasteiger partial charge in [0.15, 0.2) is 0 Å². The summed E-state index contributed by atoms with van der Waals surface area (Å²) in [7, 11) is 0. The van der Waals surface area contributed by atoms with Crippen LogP contribution in [0, 0.1) is 0 Å². The quantitative estimate of drug-likeness (QED) is 0.642. The maximum atomic E-state index is 10.8. The average Bonchev–Trinajstić information content (AvgIpc) is 2.69. The number of hydrogen-bond acceptors (Lipinski definition) is 2. The maximum absolute atomic E-state index is 10.8. The van der Waals surface area contributed by atoms with Gasteiger partial charge in [0.1, 0.15) is 0 Å². The smallest absolute Gasteiger partial charge is 0.0808 e. The van der Waals surface area contributed by atoms with Crippen molar-refractivity contribution >= 4 is 11.8 Å². The Hall–Kier alpha value is -2.84. The standard InChI is InChI=1S/C25H25NO/c1-18-17-22-15-9-10-16-23(22)26(24(18)20-11-5-3-6-12-20)25(19(2)27)21-13-7-4-8-14-21/h3-17,19,24-25,27H,1-2H3/t19?,24-,25-/m1/s1. The summed E-state index contributed by atoms with van der Waals surface area (Å²) in [4.78, 5) is 2.39. The van der Waals surface area contributed by atoms with Crippen LogP contribution in [0.25, 0.3) is 6.08 Å². The summed E-state index contributed by atoms with van der Waals surface area (Å²) in [6.45, 7) is 4.07. The minimum atomic E-state index is -0.516. The van der Waals surface area contributed by atoms with Crippen LogP contribution in [-0.4, -0.2) is 11.2 Å². The summed E-state index contributed by atoms with van der Waals surface area (Å²) < 4.78 is 0. The number of rotatable bonds is 4. The van der Waals surface area contributed by atoms with Crippen LogP contribution >= 0.6 is 0 Å². The fourth-order valence-corrected chi connectivity index (χ4v) is 4.22. The zero-order valence-corrected chi connectivity index (χ0v) is 15.8. The first-order valence-corrected chi connectivity index (χ1v) is 9.50. The van der Waals surface area contributed by atoms with Crippen LogP contribution in [0.4, 0.5) is 5.69 Å². The van der Waals surface area contributed by atoms with Crippen molar-refractivity contribution in [1.29, 1.82) is 0 Å². The highest BCUT2D eigenvalue weighted by molar-refractivity contribution is 5.76. The summed E-state index contributed by atoms with van der Waals surface area (Å²) in [5, 5.41) is 10.8. The van der Waals surface area contributed by atoms with Gasteiger partial charge in [-0.3, -0.25) is 0 Å². The van der Waals surface area contributed by atoms with Crippen LogP contribution in [0.2, 0.25) is 0 Å². The van der Waals surface area contributed by atoms with E-state index in [1.54, 1.807) is 0 Å². The van der Waals surface area contributed by atoms with Crippen LogP contribution in [0.1, 0.15) is 42.6 Å². The lowest BCUT2D eigenvalue weighted by atomic mass is 9.87. The summed E-state index contributed by atoms with van der Waals surface area (Å²) in [5.41, 5.74) is 6.00. The fraction of sp³-hybridized carbons (Fsp3) is 0.200. The van der Waals surface area contributed by atoms with E-state index in [2.05, 4.69) is 78.6 Å². The Kier molecular flexibility index (Phi) is 4.83. The van der Waals surface area contributed by atoms with E-state index in [0.29, 0.717) is 0 Å². The van der Waals surface area contributed by atoms with E-state index in [1.165, 1.54) is 16.7 Å². The van der Waals surface area contributed by atoms with Crippen molar-refractivity contribution in [2.75, 3.05) is 4.90 Å². The number of benzene rings is 3. The molecule has 3 aromatic carbocycles. The zero-order chi connectivity index (χ0) is 18.8. The second-order valence-electron chi connectivity index (χ2n) is 7.26. The Balaban J connectivity index is 1.93. The molecule has 0 bridgehead atoms. The Labute approximate surface area is 161 Å². The third kappa shape index (κ3) is 3.29. The van der Waals surface area contributed by atoms with Crippen molar-refractivity contribution in [2.24, 2.45) is 0 Å². The van der Waals surface area contributed by atoms with E-state index in [9.17, 15) is 5.11 Å². The van der Waals surface area contributed by atoms with Crippen LogP contribution in [0.5, 0.6) is 0 Å². The lowest BCUT2D eigenvalue weighted by molar-refractivity contribution is 0.156. The highest BCUT2D eigenvalue weighted by atomic mass is 16.3. The van der Waals surface area contributed by atoms with Crippen LogP contribution in [-0.2, 0) is 0 Å². The first-order chi connectivity index (χ1) is 13.2. The van der Waals surface area contributed by atoms with Gasteiger partial charge in [0, 0.05) is 5.69 Å². The second-order valence-corrected chi connectivity index (χ2v) is 7.26. The normalized spacial score (nSPS) is 18.4. The van der Waals surface area contributed by atoms with E-state index in [-0.39, 0.29) is 12.1 Å². The SMILES string of the molecule is CC1=Cc2ccccc2N([C@@H](c2ccccc2)C(C)O)[C@H]1c1ccccc1. The molecule has 0 radical (unpaired) electrons. The predicted octanol–water partition coefficient (Wildman–Crippen LogP) is 5.77. The van der Waals surface area contributed by atoms with Crippen LogP contribution in [0.3, 0.4) is 0 Å². The van der Waals surface area contributed by atoms with Gasteiger partial charge in [0.25, 0.3) is 0 Å². The zero-order valence-electron chi connectivity index (χ0n) is 15.8. The average molecular weight is 355 g/mol. The van der Waals surface area contributed by atoms with Crippen LogP contribution < -0.4 is 4.90 Å². The van der Waals surface area contributed by atoms with Gasteiger partial charge >= 0.3 is 0 Å². The fourth-order valence-electron chi connectivity index (χ4n) is 4.22. The van der Waals surface area contributed by atoms with Gasteiger partial charge in [-0.25, -0.2) is 0 Å². The van der Waals surface area contributed by atoms with E-state index in [4.69, 9.17) is 0 Å². The molecule has 27 heavy (non-hydrogen) atoms. The summed E-state index contributed by atoms with van der Waals surface area (Å²) in [6, 6.07) is 29.3. The van der Waals surface area contributed by atoms with Gasteiger partial charge in [0.05, 0.1) is 18.2 Å². The Morgan fingerprint density at radius 2 is 1.41 bits per heavy atom. The molecule has 4 rings (SSSR count). The number of aliphatic hydroxyl groups is 1.